The van der Waals surface area contributed by atoms with Crippen molar-refractivity contribution in [3.05, 3.63) is 78.1 Å². The first-order valence-corrected chi connectivity index (χ1v) is 13.8. The minimum Gasteiger partial charge on any atom is -0.494 e. The van der Waals surface area contributed by atoms with Gasteiger partial charge in [0.25, 0.3) is 0 Å². The lowest BCUT2D eigenvalue weighted by atomic mass is 10.2. The zero-order valence-electron chi connectivity index (χ0n) is 19.7. The number of aryl methyl sites for hydroxylation is 1. The molecule has 0 aliphatic carbocycles. The normalized spacial score (nSPS) is 11.5. The number of fused-ring (bicyclic) bond motifs is 1. The highest BCUT2D eigenvalue weighted by atomic mass is 32.2. The second kappa shape index (κ2) is 11.0. The molecule has 0 N–H and O–H groups in total. The summed E-state index contributed by atoms with van der Waals surface area (Å²) in [5, 5.41) is 0.559. The highest BCUT2D eigenvalue weighted by Crippen LogP contribution is 2.33. The Morgan fingerprint density at radius 2 is 1.91 bits per heavy atom. The van der Waals surface area contributed by atoms with E-state index in [1.165, 1.54) is 11.3 Å². The molecule has 182 valence electrons. The zero-order chi connectivity index (χ0) is 24.8. The second-order valence-corrected chi connectivity index (χ2v) is 11.3. The Kier molecular flexibility index (Phi) is 7.77. The Bertz CT molecular complexity index is 1400. The van der Waals surface area contributed by atoms with Crippen LogP contribution in [0.25, 0.3) is 10.2 Å². The highest BCUT2D eigenvalue weighted by Gasteiger charge is 2.22. The summed E-state index contributed by atoms with van der Waals surface area (Å²) in [6.45, 7) is 4.70. The predicted octanol–water partition coefficient (Wildman–Crippen LogP) is 5.19. The molecule has 2 aromatic heterocycles. The van der Waals surface area contributed by atoms with Gasteiger partial charge in [-0.15, -0.1) is 0 Å². The van der Waals surface area contributed by atoms with Gasteiger partial charge in [-0.05, 0) is 62.2 Å². The summed E-state index contributed by atoms with van der Waals surface area (Å²) in [5.74, 6) is 0.471. The van der Waals surface area contributed by atoms with Gasteiger partial charge in [-0.3, -0.25) is 14.7 Å². The van der Waals surface area contributed by atoms with Gasteiger partial charge in [0.05, 0.1) is 34.0 Å². The fraction of sp³-hybridized carbons (Fsp3) is 0.269. The Morgan fingerprint density at radius 3 is 2.63 bits per heavy atom. The van der Waals surface area contributed by atoms with Gasteiger partial charge in [-0.2, -0.15) is 0 Å². The monoisotopic (exact) mass is 509 g/mol. The van der Waals surface area contributed by atoms with Crippen LogP contribution < -0.4 is 9.64 Å². The number of aromatic nitrogens is 2. The molecule has 4 rings (SSSR count). The molecule has 0 atom stereocenters. The molecule has 0 saturated carbocycles. The molecular formula is C26H27N3O4S2. The van der Waals surface area contributed by atoms with Gasteiger partial charge in [0, 0.05) is 18.8 Å². The first kappa shape index (κ1) is 24.8. The van der Waals surface area contributed by atoms with E-state index in [0.717, 1.165) is 27.1 Å². The molecule has 9 heteroatoms. The number of benzene rings is 2. The number of rotatable bonds is 10. The standard InChI is InChI=1S/C26H27N3O4S2/c1-3-33-21-10-13-23-24(16-21)34-26(28-23)29(18-20-6-4-14-27-17-20)25(30)7-5-15-35(31,32)22-11-8-19(2)9-12-22/h4,6,8-14,16-17H,3,5,7,15,18H2,1-2H3. The summed E-state index contributed by atoms with van der Waals surface area (Å²) < 4.78 is 31.9. The summed E-state index contributed by atoms with van der Waals surface area (Å²) in [6.07, 6.45) is 3.70. The molecule has 0 spiro atoms. The number of ether oxygens (including phenoxy) is 1. The Balaban J connectivity index is 1.53. The Labute approximate surface area is 209 Å². The number of anilines is 1. The number of carbonyl (C=O) groups excluding carboxylic acids is 1. The fourth-order valence-corrected chi connectivity index (χ4v) is 5.93. The smallest absolute Gasteiger partial charge is 0.229 e. The summed E-state index contributed by atoms with van der Waals surface area (Å²) >= 11 is 1.41. The average molecular weight is 510 g/mol. The second-order valence-electron chi connectivity index (χ2n) is 8.14. The summed E-state index contributed by atoms with van der Waals surface area (Å²) in [4.78, 5) is 24.0. The van der Waals surface area contributed by atoms with Gasteiger partial charge in [0.1, 0.15) is 5.75 Å². The molecule has 1 amide bonds. The van der Waals surface area contributed by atoms with Crippen LogP contribution in [0.1, 0.15) is 30.9 Å². The minimum atomic E-state index is -3.46. The molecular weight excluding hydrogens is 482 g/mol. The quantitative estimate of drug-likeness (QED) is 0.292. The molecule has 0 radical (unpaired) electrons. The molecule has 4 aromatic rings. The maximum absolute atomic E-state index is 13.3. The highest BCUT2D eigenvalue weighted by molar-refractivity contribution is 7.91. The molecule has 35 heavy (non-hydrogen) atoms. The minimum absolute atomic E-state index is 0.0888. The van der Waals surface area contributed by atoms with Crippen molar-refractivity contribution in [3.8, 4) is 5.75 Å². The van der Waals surface area contributed by atoms with Crippen LogP contribution in [0.4, 0.5) is 5.13 Å². The summed E-state index contributed by atoms with van der Waals surface area (Å²) in [7, 11) is -3.46. The number of amides is 1. The molecule has 0 saturated heterocycles. The van der Waals surface area contributed by atoms with Gasteiger partial charge < -0.3 is 4.74 Å². The molecule has 0 aliphatic rings. The molecule has 7 nitrogen and oxygen atoms in total. The lowest BCUT2D eigenvalue weighted by Gasteiger charge is -2.20. The van der Waals surface area contributed by atoms with Crippen molar-refractivity contribution in [2.45, 2.75) is 38.1 Å². The number of nitrogens with zero attached hydrogens (tertiary/aromatic N) is 3. The number of hydrogen-bond acceptors (Lipinski definition) is 7. The summed E-state index contributed by atoms with van der Waals surface area (Å²) in [6, 6.07) is 16.1. The van der Waals surface area contributed by atoms with Gasteiger partial charge >= 0.3 is 0 Å². The van der Waals surface area contributed by atoms with Crippen LogP contribution in [-0.2, 0) is 21.2 Å². The molecule has 0 fully saturated rings. The third kappa shape index (κ3) is 6.23. The van der Waals surface area contributed by atoms with Gasteiger partial charge in [0.2, 0.25) is 5.91 Å². The van der Waals surface area contributed by atoms with E-state index < -0.39 is 9.84 Å². The largest absolute Gasteiger partial charge is 0.494 e. The third-order valence-corrected chi connectivity index (χ3v) is 8.30. The van der Waals surface area contributed by atoms with Crippen molar-refractivity contribution in [2.75, 3.05) is 17.3 Å². The van der Waals surface area contributed by atoms with Crippen LogP contribution in [0.3, 0.4) is 0 Å². The Morgan fingerprint density at radius 1 is 1.11 bits per heavy atom. The number of thiazole rings is 1. The van der Waals surface area contributed by atoms with E-state index in [4.69, 9.17) is 4.74 Å². The zero-order valence-corrected chi connectivity index (χ0v) is 21.3. The first-order valence-electron chi connectivity index (χ1n) is 11.4. The number of hydrogen-bond donors (Lipinski definition) is 0. The van der Waals surface area contributed by atoms with Crippen LogP contribution in [0, 0.1) is 6.92 Å². The van der Waals surface area contributed by atoms with Crippen LogP contribution in [0.2, 0.25) is 0 Å². The van der Waals surface area contributed by atoms with Crippen molar-refractivity contribution < 1.29 is 17.9 Å². The number of carbonyl (C=O) groups is 1. The van der Waals surface area contributed by atoms with Gasteiger partial charge in [-0.1, -0.05) is 35.1 Å². The van der Waals surface area contributed by atoms with Crippen LogP contribution in [-0.4, -0.2) is 36.7 Å². The van der Waals surface area contributed by atoms with Crippen molar-refractivity contribution in [3.63, 3.8) is 0 Å². The number of sulfone groups is 1. The SMILES string of the molecule is CCOc1ccc2nc(N(Cc3cccnc3)C(=O)CCCS(=O)(=O)c3ccc(C)cc3)sc2c1. The lowest BCUT2D eigenvalue weighted by Crippen LogP contribution is -2.30. The average Bonchev–Trinajstić information content (AvgIpc) is 3.26. The summed E-state index contributed by atoms with van der Waals surface area (Å²) in [5.41, 5.74) is 2.64. The molecule has 0 unspecified atom stereocenters. The van der Waals surface area contributed by atoms with Crippen molar-refractivity contribution >= 4 is 42.4 Å². The van der Waals surface area contributed by atoms with Crippen LogP contribution in [0.5, 0.6) is 5.75 Å². The first-order chi connectivity index (χ1) is 16.9. The molecule has 0 bridgehead atoms. The maximum Gasteiger partial charge on any atom is 0.229 e. The predicted molar refractivity (Wildman–Crippen MR) is 139 cm³/mol. The van der Waals surface area contributed by atoms with Crippen LogP contribution >= 0.6 is 11.3 Å². The van der Waals surface area contributed by atoms with Crippen LogP contribution in [0.15, 0.2) is 71.9 Å². The van der Waals surface area contributed by atoms with E-state index >= 15 is 0 Å². The van der Waals surface area contributed by atoms with Crippen molar-refractivity contribution in [1.29, 1.82) is 0 Å². The van der Waals surface area contributed by atoms with E-state index in [-0.39, 0.29) is 29.4 Å². The van der Waals surface area contributed by atoms with Crippen molar-refractivity contribution in [1.82, 2.24) is 9.97 Å². The topological polar surface area (TPSA) is 89.5 Å². The number of pyridine rings is 1. The third-order valence-electron chi connectivity index (χ3n) is 5.44. The Hall–Kier alpha value is -3.30. The molecule has 2 heterocycles. The van der Waals surface area contributed by atoms with Crippen molar-refractivity contribution in [2.24, 2.45) is 0 Å². The molecule has 2 aromatic carbocycles. The molecule has 0 aliphatic heterocycles. The van der Waals surface area contributed by atoms with Gasteiger partial charge in [0.15, 0.2) is 15.0 Å². The fourth-order valence-electron chi connectivity index (χ4n) is 3.61. The van der Waals surface area contributed by atoms with E-state index in [0.29, 0.717) is 18.3 Å². The van der Waals surface area contributed by atoms with E-state index in [2.05, 4.69) is 9.97 Å². The van der Waals surface area contributed by atoms with Gasteiger partial charge in [-0.25, -0.2) is 13.4 Å². The van der Waals surface area contributed by atoms with E-state index in [1.807, 2.05) is 44.2 Å². The maximum atomic E-state index is 13.3. The van der Waals surface area contributed by atoms with E-state index in [9.17, 15) is 13.2 Å². The lowest BCUT2D eigenvalue weighted by molar-refractivity contribution is -0.118. The van der Waals surface area contributed by atoms with E-state index in [1.54, 1.807) is 41.6 Å².